The van der Waals surface area contributed by atoms with E-state index in [1.807, 2.05) is 62.6 Å². The van der Waals surface area contributed by atoms with Gasteiger partial charge in [0.25, 0.3) is 16.0 Å². The number of imidazole rings is 1. The Morgan fingerprint density at radius 3 is 2.50 bits per heavy atom. The second-order valence-electron chi connectivity index (χ2n) is 10.0. The summed E-state index contributed by atoms with van der Waals surface area (Å²) < 4.78 is 52.8. The molecule has 0 saturated heterocycles. The molecule has 0 unspecified atom stereocenters. The van der Waals surface area contributed by atoms with Crippen molar-refractivity contribution in [3.8, 4) is 17.1 Å². The standard InChI is InChI=1S/C32H34N4O6S2/c1-6-41-19-23-17-22(18-36-29-26(31(37)40-5)12-10-13-27(29)33-32(36)42-7-2)15-16-24(23)25-11-8-9-14-28(25)44(38,39)35-30-20(3)21(4)43-34-30/h8-17H,6-7,18-19H2,1-5H3,(H,34,35). The van der Waals surface area contributed by atoms with Gasteiger partial charge in [-0.2, -0.15) is 9.36 Å². The van der Waals surface area contributed by atoms with Crippen LogP contribution in [0.5, 0.6) is 6.01 Å². The minimum absolute atomic E-state index is 0.137. The Labute approximate surface area is 260 Å². The number of rotatable bonds is 12. The summed E-state index contributed by atoms with van der Waals surface area (Å²) in [6.07, 6.45) is 0. The van der Waals surface area contributed by atoms with Crippen molar-refractivity contribution in [1.82, 2.24) is 13.9 Å². The van der Waals surface area contributed by atoms with Crippen molar-refractivity contribution in [3.05, 3.63) is 87.8 Å². The average Bonchev–Trinajstić information content (AvgIpc) is 3.53. The Morgan fingerprint density at radius 2 is 1.80 bits per heavy atom. The average molecular weight is 635 g/mol. The number of sulfonamides is 1. The van der Waals surface area contributed by atoms with Gasteiger partial charge in [0.05, 0.1) is 48.4 Å². The fraction of sp³-hybridized carbons (Fsp3) is 0.281. The molecule has 0 atom stereocenters. The molecule has 2 aromatic heterocycles. The molecule has 5 rings (SSSR count). The SMILES string of the molecule is CCOCc1cc(Cn2c(OCC)nc3cccc(C(=O)OC)c32)ccc1-c1ccccc1S(=O)(=O)Nc1nsc(C)c1C. The number of esters is 1. The van der Waals surface area contributed by atoms with E-state index in [-0.39, 0.29) is 11.5 Å². The molecule has 0 aliphatic heterocycles. The van der Waals surface area contributed by atoms with E-state index >= 15 is 0 Å². The van der Waals surface area contributed by atoms with E-state index in [0.717, 1.165) is 27.1 Å². The highest BCUT2D eigenvalue weighted by Gasteiger charge is 2.24. The molecule has 5 aromatic rings. The molecule has 2 heterocycles. The lowest BCUT2D eigenvalue weighted by atomic mass is 9.97. The van der Waals surface area contributed by atoms with Crippen molar-refractivity contribution < 1.29 is 27.4 Å². The highest BCUT2D eigenvalue weighted by Crippen LogP contribution is 2.34. The summed E-state index contributed by atoms with van der Waals surface area (Å²) in [7, 11) is -2.62. The third-order valence-electron chi connectivity index (χ3n) is 7.24. The lowest BCUT2D eigenvalue weighted by molar-refractivity contribution is 0.0602. The third-order valence-corrected chi connectivity index (χ3v) is 9.49. The molecule has 3 aromatic carbocycles. The van der Waals surface area contributed by atoms with Crippen LogP contribution in [0.3, 0.4) is 0 Å². The molecule has 0 aliphatic rings. The van der Waals surface area contributed by atoms with E-state index < -0.39 is 16.0 Å². The van der Waals surface area contributed by atoms with E-state index in [1.54, 1.807) is 30.3 Å². The van der Waals surface area contributed by atoms with Crippen molar-refractivity contribution in [2.75, 3.05) is 25.0 Å². The third kappa shape index (κ3) is 6.19. The number of methoxy groups -OCH3 is 1. The molecule has 44 heavy (non-hydrogen) atoms. The van der Waals surface area contributed by atoms with Crippen molar-refractivity contribution >= 4 is 44.4 Å². The van der Waals surface area contributed by atoms with Crippen molar-refractivity contribution in [1.29, 1.82) is 0 Å². The molecular formula is C32H34N4O6S2. The number of benzene rings is 3. The van der Waals surface area contributed by atoms with Gasteiger partial charge in [-0.15, -0.1) is 0 Å². The maximum absolute atomic E-state index is 13.7. The Kier molecular flexibility index (Phi) is 9.33. The summed E-state index contributed by atoms with van der Waals surface area (Å²) >= 11 is 1.26. The summed E-state index contributed by atoms with van der Waals surface area (Å²) in [4.78, 5) is 18.4. The molecular weight excluding hydrogens is 601 g/mol. The number of para-hydroxylation sites is 1. The first-order valence-electron chi connectivity index (χ1n) is 14.1. The maximum Gasteiger partial charge on any atom is 0.340 e. The van der Waals surface area contributed by atoms with Gasteiger partial charge in [0.15, 0.2) is 5.82 Å². The van der Waals surface area contributed by atoms with Gasteiger partial charge in [0, 0.05) is 22.6 Å². The summed E-state index contributed by atoms with van der Waals surface area (Å²) in [6.45, 7) is 9.00. The van der Waals surface area contributed by atoms with Crippen LogP contribution in [0.25, 0.3) is 22.2 Å². The minimum Gasteiger partial charge on any atom is -0.465 e. The van der Waals surface area contributed by atoms with Crippen LogP contribution in [0.2, 0.25) is 0 Å². The van der Waals surface area contributed by atoms with Crippen LogP contribution in [-0.4, -0.2) is 48.6 Å². The highest BCUT2D eigenvalue weighted by atomic mass is 32.2. The van der Waals surface area contributed by atoms with Gasteiger partial charge in [0.1, 0.15) is 0 Å². The van der Waals surface area contributed by atoms with Gasteiger partial charge in [-0.25, -0.2) is 13.2 Å². The first-order valence-corrected chi connectivity index (χ1v) is 16.4. The Bertz CT molecular complexity index is 1930. The molecule has 0 spiro atoms. The number of anilines is 1. The summed E-state index contributed by atoms with van der Waals surface area (Å²) in [5.41, 5.74) is 5.36. The number of aromatic nitrogens is 3. The van der Waals surface area contributed by atoms with Gasteiger partial charge < -0.3 is 14.2 Å². The molecule has 0 fully saturated rings. The van der Waals surface area contributed by atoms with Crippen LogP contribution in [0.4, 0.5) is 5.82 Å². The zero-order valence-corrected chi connectivity index (χ0v) is 26.8. The fourth-order valence-electron chi connectivity index (χ4n) is 4.97. The molecule has 10 nitrogen and oxygen atoms in total. The summed E-state index contributed by atoms with van der Waals surface area (Å²) in [6, 6.07) is 18.4. The second kappa shape index (κ2) is 13.2. The number of nitrogens with zero attached hydrogens (tertiary/aromatic N) is 3. The number of hydrogen-bond acceptors (Lipinski definition) is 9. The van der Waals surface area contributed by atoms with Crippen LogP contribution < -0.4 is 9.46 Å². The first-order chi connectivity index (χ1) is 21.2. The monoisotopic (exact) mass is 634 g/mol. The molecule has 0 aliphatic carbocycles. The number of fused-ring (bicyclic) bond motifs is 1. The van der Waals surface area contributed by atoms with Crippen molar-refractivity contribution in [2.45, 2.75) is 45.7 Å². The lowest BCUT2D eigenvalue weighted by Crippen LogP contribution is -2.15. The molecule has 230 valence electrons. The Morgan fingerprint density at radius 1 is 1.00 bits per heavy atom. The first kappa shape index (κ1) is 31.2. The van der Waals surface area contributed by atoms with E-state index in [9.17, 15) is 13.2 Å². The van der Waals surface area contributed by atoms with Crippen molar-refractivity contribution in [3.63, 3.8) is 0 Å². The molecule has 0 bridgehead atoms. The molecule has 12 heteroatoms. The van der Waals surface area contributed by atoms with Gasteiger partial charge >= 0.3 is 5.97 Å². The number of aryl methyl sites for hydroxylation is 1. The maximum atomic E-state index is 13.7. The topological polar surface area (TPSA) is 122 Å². The molecule has 0 radical (unpaired) electrons. The number of carbonyl (C=O) groups excluding carboxylic acids is 1. The van der Waals surface area contributed by atoms with Gasteiger partial charge in [-0.05, 0) is 74.1 Å². The number of carbonyl (C=O) groups is 1. The van der Waals surface area contributed by atoms with Gasteiger partial charge in [-0.3, -0.25) is 9.29 Å². The fourth-order valence-corrected chi connectivity index (χ4v) is 6.96. The van der Waals surface area contributed by atoms with Gasteiger partial charge in [0.2, 0.25) is 0 Å². The van der Waals surface area contributed by atoms with E-state index in [1.165, 1.54) is 18.6 Å². The highest BCUT2D eigenvalue weighted by molar-refractivity contribution is 7.92. The van der Waals surface area contributed by atoms with E-state index in [4.69, 9.17) is 14.2 Å². The van der Waals surface area contributed by atoms with E-state index in [0.29, 0.717) is 53.7 Å². The number of hydrogen-bond donors (Lipinski definition) is 1. The Hall–Kier alpha value is -4.26. The largest absolute Gasteiger partial charge is 0.465 e. The zero-order valence-electron chi connectivity index (χ0n) is 25.2. The van der Waals surface area contributed by atoms with Crippen LogP contribution in [0.15, 0.2) is 65.6 Å². The predicted molar refractivity (Wildman–Crippen MR) is 171 cm³/mol. The predicted octanol–water partition coefficient (Wildman–Crippen LogP) is 6.35. The number of ether oxygens (including phenoxy) is 3. The zero-order chi connectivity index (χ0) is 31.4. The molecule has 0 amide bonds. The van der Waals surface area contributed by atoms with Crippen LogP contribution in [0, 0.1) is 13.8 Å². The van der Waals surface area contributed by atoms with Gasteiger partial charge in [-0.1, -0.05) is 42.5 Å². The number of nitrogens with one attached hydrogen (secondary N) is 1. The molecule has 0 saturated carbocycles. The van der Waals surface area contributed by atoms with Crippen LogP contribution in [-0.2, 0) is 32.6 Å². The summed E-state index contributed by atoms with van der Waals surface area (Å²) in [5.74, 6) is -0.141. The molecule has 1 N–H and O–H groups in total. The smallest absolute Gasteiger partial charge is 0.340 e. The normalized spacial score (nSPS) is 11.6. The summed E-state index contributed by atoms with van der Waals surface area (Å²) in [5, 5.41) is 0. The van der Waals surface area contributed by atoms with Crippen molar-refractivity contribution in [2.24, 2.45) is 0 Å². The lowest BCUT2D eigenvalue weighted by Gasteiger charge is -2.17. The van der Waals surface area contributed by atoms with Crippen LogP contribution >= 0.6 is 11.5 Å². The van der Waals surface area contributed by atoms with Crippen LogP contribution in [0.1, 0.15) is 45.8 Å². The second-order valence-corrected chi connectivity index (χ2v) is 12.6. The Balaban J connectivity index is 1.59. The minimum atomic E-state index is -3.96. The van der Waals surface area contributed by atoms with E-state index in [2.05, 4.69) is 14.1 Å². The quantitative estimate of drug-likeness (QED) is 0.158.